The quantitative estimate of drug-likeness (QED) is 0.408. The molecule has 2 aromatic heterocycles. The maximum absolute atomic E-state index is 13.3. The minimum absolute atomic E-state index is 0.0883. The molecule has 34 heavy (non-hydrogen) atoms. The molecule has 5 rings (SSSR count). The number of aromatic nitrogens is 2. The van der Waals surface area contributed by atoms with Gasteiger partial charge in [0.05, 0.1) is 16.3 Å². The van der Waals surface area contributed by atoms with E-state index in [2.05, 4.69) is 15.8 Å². The zero-order valence-corrected chi connectivity index (χ0v) is 19.6. The Morgan fingerprint density at radius 3 is 2.50 bits per heavy atom. The van der Waals surface area contributed by atoms with E-state index in [-0.39, 0.29) is 17.7 Å². The zero-order valence-electron chi connectivity index (χ0n) is 18.9. The molecule has 0 bridgehead atoms. The SMILES string of the molecule is Cc1nocc1C(=O)NC(C(=O)Nc1ccc(-c2c(Cl)cc[n+]([O-])c2C)cc1)C1C[C@@H]2C[C@@H]2C1. The standard InChI is InChI=1S/C25H25ClN4O4/c1-13-20(12-34-29-13)24(31)28-23(18-10-16-9-17(16)11-18)25(32)27-19-5-3-15(4-6-19)22-14(2)30(33)8-7-21(22)26/h3-8,12,16-18,23H,9-11H2,1-2H3,(H,27,32)(H,28,31)/t16-,17+,18?,23?. The molecule has 0 saturated heterocycles. The smallest absolute Gasteiger partial charge is 0.257 e. The van der Waals surface area contributed by atoms with Crippen molar-refractivity contribution in [2.24, 2.45) is 17.8 Å². The summed E-state index contributed by atoms with van der Waals surface area (Å²) in [4.78, 5) is 26.1. The summed E-state index contributed by atoms with van der Waals surface area (Å²) in [6, 6.07) is 8.05. The molecule has 2 amide bonds. The Morgan fingerprint density at radius 2 is 1.85 bits per heavy atom. The highest BCUT2D eigenvalue weighted by Crippen LogP contribution is 2.55. The van der Waals surface area contributed by atoms with E-state index in [0.717, 1.165) is 23.1 Å². The summed E-state index contributed by atoms with van der Waals surface area (Å²) in [5.41, 5.74) is 3.32. The summed E-state index contributed by atoms with van der Waals surface area (Å²) in [6.45, 7) is 3.40. The van der Waals surface area contributed by atoms with Crippen molar-refractivity contribution < 1.29 is 18.8 Å². The molecule has 8 nitrogen and oxygen atoms in total. The Bertz CT molecular complexity index is 1250. The first kappa shape index (κ1) is 22.4. The van der Waals surface area contributed by atoms with E-state index < -0.39 is 6.04 Å². The van der Waals surface area contributed by atoms with Crippen LogP contribution >= 0.6 is 11.6 Å². The Labute approximate surface area is 201 Å². The van der Waals surface area contributed by atoms with Gasteiger partial charge in [0.15, 0.2) is 11.9 Å². The summed E-state index contributed by atoms with van der Waals surface area (Å²) >= 11 is 6.32. The van der Waals surface area contributed by atoms with Crippen LogP contribution < -0.4 is 15.4 Å². The van der Waals surface area contributed by atoms with Gasteiger partial charge in [-0.15, -0.1) is 0 Å². The second kappa shape index (κ2) is 8.76. The number of carbonyl (C=O) groups excluding carboxylic acids is 2. The second-order valence-corrected chi connectivity index (χ2v) is 9.68. The molecule has 2 N–H and O–H groups in total. The third-order valence-corrected chi connectivity index (χ3v) is 7.36. The van der Waals surface area contributed by atoms with Crippen molar-refractivity contribution in [1.82, 2.24) is 10.5 Å². The number of halogens is 1. The van der Waals surface area contributed by atoms with Crippen LogP contribution in [-0.4, -0.2) is 23.0 Å². The highest BCUT2D eigenvalue weighted by Gasteiger charge is 2.49. The number of nitrogens with zero attached hydrogens (tertiary/aromatic N) is 2. The van der Waals surface area contributed by atoms with Crippen molar-refractivity contribution in [2.45, 2.75) is 39.2 Å². The van der Waals surface area contributed by atoms with Gasteiger partial charge in [-0.3, -0.25) is 9.59 Å². The van der Waals surface area contributed by atoms with Gasteiger partial charge in [0.2, 0.25) is 5.91 Å². The molecule has 3 aromatic rings. The number of hydrogen-bond acceptors (Lipinski definition) is 5. The minimum atomic E-state index is -0.653. The van der Waals surface area contributed by atoms with Crippen molar-refractivity contribution in [2.75, 3.05) is 5.32 Å². The molecule has 0 radical (unpaired) electrons. The Kier molecular flexibility index (Phi) is 5.77. The number of aryl methyl sites for hydroxylation is 1. The molecular formula is C25H25ClN4O4. The number of carbonyl (C=O) groups is 2. The van der Waals surface area contributed by atoms with Crippen molar-refractivity contribution in [3.63, 3.8) is 0 Å². The van der Waals surface area contributed by atoms with E-state index in [0.29, 0.717) is 45.1 Å². The second-order valence-electron chi connectivity index (χ2n) is 9.27. The third kappa shape index (κ3) is 4.25. The largest absolute Gasteiger partial charge is 0.618 e. The van der Waals surface area contributed by atoms with Gasteiger partial charge in [-0.2, -0.15) is 4.73 Å². The average molecular weight is 481 g/mol. The molecule has 0 spiro atoms. The van der Waals surface area contributed by atoms with Crippen LogP contribution in [0.1, 0.15) is 41.0 Å². The maximum Gasteiger partial charge on any atom is 0.257 e. The molecule has 2 fully saturated rings. The van der Waals surface area contributed by atoms with Crippen LogP contribution in [0.15, 0.2) is 47.3 Å². The van der Waals surface area contributed by atoms with Gasteiger partial charge in [-0.1, -0.05) is 28.9 Å². The fraction of sp³-hybridized carbons (Fsp3) is 0.360. The molecule has 0 aliphatic heterocycles. The summed E-state index contributed by atoms with van der Waals surface area (Å²) in [6.07, 6.45) is 5.76. The van der Waals surface area contributed by atoms with Crippen molar-refractivity contribution >= 4 is 29.1 Å². The fourth-order valence-electron chi connectivity index (χ4n) is 5.06. The zero-order chi connectivity index (χ0) is 24.0. The Balaban J connectivity index is 1.33. The molecule has 1 aromatic carbocycles. The summed E-state index contributed by atoms with van der Waals surface area (Å²) in [5, 5.41) is 22.1. The molecule has 2 unspecified atom stereocenters. The number of amides is 2. The number of hydrogen-bond donors (Lipinski definition) is 2. The number of pyridine rings is 1. The molecule has 176 valence electrons. The predicted octanol–water partition coefficient (Wildman–Crippen LogP) is 4.03. The van der Waals surface area contributed by atoms with Crippen molar-refractivity contribution in [3.05, 3.63) is 70.0 Å². The number of benzene rings is 1. The van der Waals surface area contributed by atoms with E-state index in [1.165, 1.54) is 18.9 Å². The van der Waals surface area contributed by atoms with E-state index in [4.69, 9.17) is 16.1 Å². The molecular weight excluding hydrogens is 456 g/mol. The molecule has 2 aliphatic rings. The molecule has 2 aliphatic carbocycles. The number of rotatable bonds is 6. The minimum Gasteiger partial charge on any atom is -0.618 e. The number of nitrogens with one attached hydrogen (secondary N) is 2. The first-order valence-corrected chi connectivity index (χ1v) is 11.7. The summed E-state index contributed by atoms with van der Waals surface area (Å²) in [5.74, 6) is 0.793. The normalized spacial score (nSPS) is 21.6. The van der Waals surface area contributed by atoms with Crippen LogP contribution in [0.5, 0.6) is 0 Å². The molecule has 9 heteroatoms. The Hall–Kier alpha value is -3.39. The fourth-order valence-corrected chi connectivity index (χ4v) is 5.36. The average Bonchev–Trinajstić information content (AvgIpc) is 3.19. The predicted molar refractivity (Wildman–Crippen MR) is 126 cm³/mol. The van der Waals surface area contributed by atoms with Crippen LogP contribution in [0, 0.1) is 36.8 Å². The highest BCUT2D eigenvalue weighted by atomic mass is 35.5. The van der Waals surface area contributed by atoms with Gasteiger partial charge in [0.25, 0.3) is 5.91 Å². The van der Waals surface area contributed by atoms with Crippen LogP contribution in [0.3, 0.4) is 0 Å². The lowest BCUT2D eigenvalue weighted by Crippen LogP contribution is -2.48. The van der Waals surface area contributed by atoms with Gasteiger partial charge < -0.3 is 20.4 Å². The number of anilines is 1. The topological polar surface area (TPSA) is 111 Å². The van der Waals surface area contributed by atoms with Gasteiger partial charge in [0, 0.05) is 18.7 Å². The third-order valence-electron chi connectivity index (χ3n) is 7.04. The van der Waals surface area contributed by atoms with Gasteiger partial charge >= 0.3 is 0 Å². The monoisotopic (exact) mass is 480 g/mol. The van der Waals surface area contributed by atoms with E-state index in [1.807, 2.05) is 12.1 Å². The lowest BCUT2D eigenvalue weighted by Gasteiger charge is -2.25. The summed E-state index contributed by atoms with van der Waals surface area (Å²) in [7, 11) is 0. The van der Waals surface area contributed by atoms with E-state index in [1.54, 1.807) is 32.0 Å². The van der Waals surface area contributed by atoms with Crippen molar-refractivity contribution in [3.8, 4) is 11.1 Å². The molecule has 2 saturated carbocycles. The molecule has 2 heterocycles. The van der Waals surface area contributed by atoms with E-state index >= 15 is 0 Å². The van der Waals surface area contributed by atoms with Crippen LogP contribution in [0.2, 0.25) is 5.02 Å². The Morgan fingerprint density at radius 1 is 1.15 bits per heavy atom. The first-order chi connectivity index (χ1) is 16.3. The van der Waals surface area contributed by atoms with Crippen LogP contribution in [0.4, 0.5) is 5.69 Å². The van der Waals surface area contributed by atoms with Crippen molar-refractivity contribution in [1.29, 1.82) is 0 Å². The first-order valence-electron chi connectivity index (χ1n) is 11.3. The van der Waals surface area contributed by atoms with Crippen LogP contribution in [0.25, 0.3) is 11.1 Å². The lowest BCUT2D eigenvalue weighted by atomic mass is 9.93. The van der Waals surface area contributed by atoms with Gasteiger partial charge in [-0.05, 0) is 61.6 Å². The maximum atomic E-state index is 13.3. The summed E-state index contributed by atoms with van der Waals surface area (Å²) < 4.78 is 5.66. The lowest BCUT2D eigenvalue weighted by molar-refractivity contribution is -0.611. The van der Waals surface area contributed by atoms with Crippen LogP contribution in [-0.2, 0) is 4.79 Å². The van der Waals surface area contributed by atoms with Gasteiger partial charge in [-0.25, -0.2) is 0 Å². The van der Waals surface area contributed by atoms with Gasteiger partial charge in [0.1, 0.15) is 17.9 Å². The number of fused-ring (bicyclic) bond motifs is 1. The molecule has 4 atom stereocenters. The van der Waals surface area contributed by atoms with E-state index in [9.17, 15) is 14.8 Å². The highest BCUT2D eigenvalue weighted by molar-refractivity contribution is 6.33.